The molecule has 0 aliphatic carbocycles. The molecule has 8 nitrogen and oxygen atoms in total. The van der Waals surface area contributed by atoms with E-state index in [0.717, 1.165) is 6.07 Å². The Bertz CT molecular complexity index is 842. The molecule has 0 spiro atoms. The van der Waals surface area contributed by atoms with Gasteiger partial charge in [0, 0.05) is 16.1 Å². The molecule has 1 N–H and O–H groups in total. The van der Waals surface area contributed by atoms with E-state index in [4.69, 9.17) is 32.7 Å². The van der Waals surface area contributed by atoms with Gasteiger partial charge in [-0.05, 0) is 36.4 Å². The monoisotopic (exact) mass is 412 g/mol. The Morgan fingerprint density at radius 1 is 1.07 bits per heavy atom. The summed E-state index contributed by atoms with van der Waals surface area (Å²) in [5.41, 5.74) is -0.785. The smallest absolute Gasteiger partial charge is 0.345 e. The van der Waals surface area contributed by atoms with Crippen LogP contribution in [0.4, 0.5) is 5.69 Å². The van der Waals surface area contributed by atoms with Crippen molar-refractivity contribution in [3.05, 3.63) is 68.2 Å². The summed E-state index contributed by atoms with van der Waals surface area (Å²) in [4.78, 5) is 33.8. The van der Waals surface area contributed by atoms with Crippen molar-refractivity contribution in [1.29, 1.82) is 0 Å². The molecule has 0 aliphatic heterocycles. The van der Waals surface area contributed by atoms with Crippen LogP contribution in [0.15, 0.2) is 42.5 Å². The van der Waals surface area contributed by atoms with E-state index in [1.165, 1.54) is 12.1 Å². The molecule has 2 rings (SSSR count). The van der Waals surface area contributed by atoms with Gasteiger partial charge in [-0.15, -0.1) is 0 Å². The van der Waals surface area contributed by atoms with Gasteiger partial charge in [0.2, 0.25) is 0 Å². The van der Waals surface area contributed by atoms with Crippen molar-refractivity contribution in [2.45, 2.75) is 0 Å². The summed E-state index contributed by atoms with van der Waals surface area (Å²) in [5.74, 6) is -0.972. The molecule has 0 aromatic heterocycles. The molecule has 0 aliphatic rings. The van der Waals surface area contributed by atoms with E-state index >= 15 is 0 Å². The van der Waals surface area contributed by atoms with Gasteiger partial charge in [0.1, 0.15) is 17.9 Å². The Hall–Kier alpha value is -2.84. The van der Waals surface area contributed by atoms with Crippen LogP contribution in [0, 0.1) is 10.1 Å². The molecule has 0 bridgehead atoms. The third kappa shape index (κ3) is 6.43. The van der Waals surface area contributed by atoms with Crippen molar-refractivity contribution in [3.8, 4) is 5.75 Å². The molecule has 0 saturated heterocycles. The van der Waals surface area contributed by atoms with E-state index in [2.05, 4.69) is 5.32 Å². The molecule has 0 atom stereocenters. The molecule has 142 valence electrons. The van der Waals surface area contributed by atoms with Crippen LogP contribution in [0.2, 0.25) is 10.0 Å². The Balaban J connectivity index is 1.76. The molecule has 10 heteroatoms. The zero-order valence-electron chi connectivity index (χ0n) is 13.8. The lowest BCUT2D eigenvalue weighted by molar-refractivity contribution is -0.385. The van der Waals surface area contributed by atoms with Crippen LogP contribution in [0.5, 0.6) is 5.75 Å². The van der Waals surface area contributed by atoms with Gasteiger partial charge >= 0.3 is 5.97 Å². The molecular formula is C17H14Cl2N2O6. The second-order valence-corrected chi connectivity index (χ2v) is 6.02. The van der Waals surface area contributed by atoms with Crippen LogP contribution in [-0.2, 0) is 9.53 Å². The van der Waals surface area contributed by atoms with Gasteiger partial charge in [-0.1, -0.05) is 23.2 Å². The number of carbonyl (C=O) groups is 2. The number of nitrogens with zero attached hydrogens (tertiary/aromatic N) is 1. The maximum atomic E-state index is 11.9. The van der Waals surface area contributed by atoms with Crippen molar-refractivity contribution in [3.63, 3.8) is 0 Å². The second-order valence-electron chi connectivity index (χ2n) is 5.15. The predicted octanol–water partition coefficient (Wildman–Crippen LogP) is 3.25. The number of benzene rings is 2. The number of carbonyl (C=O) groups excluding carboxylic acids is 2. The molecule has 2 aromatic carbocycles. The number of halogens is 2. The van der Waals surface area contributed by atoms with Gasteiger partial charge in [0.25, 0.3) is 11.6 Å². The van der Waals surface area contributed by atoms with E-state index in [1.54, 1.807) is 24.3 Å². The molecular weight excluding hydrogens is 399 g/mol. The zero-order chi connectivity index (χ0) is 19.8. The van der Waals surface area contributed by atoms with E-state index in [9.17, 15) is 19.7 Å². The lowest BCUT2D eigenvalue weighted by atomic mass is 10.2. The quantitative estimate of drug-likeness (QED) is 0.308. The van der Waals surface area contributed by atoms with Gasteiger partial charge in [0.15, 0.2) is 6.61 Å². The lowest BCUT2D eigenvalue weighted by Gasteiger charge is -2.08. The summed E-state index contributed by atoms with van der Waals surface area (Å²) < 4.78 is 10.2. The number of nitrogens with one attached hydrogen (secondary N) is 1. The molecule has 0 saturated carbocycles. The fraction of sp³-hybridized carbons (Fsp3) is 0.176. The first-order valence-corrected chi connectivity index (χ1v) is 8.38. The summed E-state index contributed by atoms with van der Waals surface area (Å²) in [7, 11) is 0. The molecule has 0 fully saturated rings. The van der Waals surface area contributed by atoms with Gasteiger partial charge in [-0.25, -0.2) is 4.79 Å². The number of amides is 1. The van der Waals surface area contributed by atoms with Crippen molar-refractivity contribution >= 4 is 40.8 Å². The second kappa shape index (κ2) is 9.75. The Kier molecular flexibility index (Phi) is 7.39. The first-order chi connectivity index (χ1) is 12.9. The van der Waals surface area contributed by atoms with E-state index in [0.29, 0.717) is 10.8 Å². The fourth-order valence-electron chi connectivity index (χ4n) is 1.98. The summed E-state index contributed by atoms with van der Waals surface area (Å²) in [5, 5.41) is 14.2. The summed E-state index contributed by atoms with van der Waals surface area (Å²) in [6.07, 6.45) is 0. The SMILES string of the molecule is O=C(COC(=O)c1ccc(Cl)cc1[N+](=O)[O-])NCCOc1ccc(Cl)cc1. The lowest BCUT2D eigenvalue weighted by Crippen LogP contribution is -2.32. The largest absolute Gasteiger partial charge is 0.492 e. The van der Waals surface area contributed by atoms with Crippen LogP contribution in [0.1, 0.15) is 10.4 Å². The first-order valence-electron chi connectivity index (χ1n) is 7.63. The summed E-state index contributed by atoms with van der Waals surface area (Å²) in [6, 6.07) is 10.2. The highest BCUT2D eigenvalue weighted by molar-refractivity contribution is 6.31. The van der Waals surface area contributed by atoms with E-state index in [1.807, 2.05) is 0 Å². The molecule has 0 radical (unpaired) electrons. The Labute approximate surface area is 164 Å². The van der Waals surface area contributed by atoms with Gasteiger partial charge in [0.05, 0.1) is 11.5 Å². The molecule has 27 heavy (non-hydrogen) atoms. The minimum Gasteiger partial charge on any atom is -0.492 e. The highest BCUT2D eigenvalue weighted by Gasteiger charge is 2.22. The van der Waals surface area contributed by atoms with Gasteiger partial charge in [-0.3, -0.25) is 14.9 Å². The van der Waals surface area contributed by atoms with Crippen LogP contribution in [0.25, 0.3) is 0 Å². The first kappa shape index (κ1) is 20.5. The summed E-state index contributed by atoms with van der Waals surface area (Å²) in [6.45, 7) is -0.205. The van der Waals surface area contributed by atoms with Crippen LogP contribution < -0.4 is 10.1 Å². The Morgan fingerprint density at radius 3 is 2.41 bits per heavy atom. The van der Waals surface area contributed by atoms with Gasteiger partial charge < -0.3 is 14.8 Å². The van der Waals surface area contributed by atoms with Gasteiger partial charge in [-0.2, -0.15) is 0 Å². The topological polar surface area (TPSA) is 108 Å². The number of nitro benzene ring substituents is 1. The average molecular weight is 413 g/mol. The minimum atomic E-state index is -0.995. The number of nitro groups is 1. The van der Waals surface area contributed by atoms with Crippen LogP contribution in [-0.4, -0.2) is 36.6 Å². The van der Waals surface area contributed by atoms with E-state index in [-0.39, 0.29) is 23.7 Å². The maximum Gasteiger partial charge on any atom is 0.345 e. The minimum absolute atomic E-state index is 0.108. The van der Waals surface area contributed by atoms with Crippen molar-refractivity contribution in [1.82, 2.24) is 5.32 Å². The molecule has 2 aromatic rings. The normalized spacial score (nSPS) is 10.1. The highest BCUT2D eigenvalue weighted by Crippen LogP contribution is 2.23. The third-order valence-corrected chi connectivity index (χ3v) is 3.70. The number of esters is 1. The van der Waals surface area contributed by atoms with Crippen molar-refractivity contribution in [2.75, 3.05) is 19.8 Å². The standard InChI is InChI=1S/C17H14Cl2N2O6/c18-11-1-4-13(5-2-11)26-8-7-20-16(22)10-27-17(23)14-6-3-12(19)9-15(14)21(24)25/h1-6,9H,7-8,10H2,(H,20,22). The predicted molar refractivity (Wildman–Crippen MR) is 98.3 cm³/mol. The fourth-order valence-corrected chi connectivity index (χ4v) is 2.27. The number of hydrogen-bond acceptors (Lipinski definition) is 6. The number of hydrogen-bond donors (Lipinski definition) is 1. The van der Waals surface area contributed by atoms with Crippen LogP contribution in [0.3, 0.4) is 0 Å². The maximum absolute atomic E-state index is 11.9. The number of ether oxygens (including phenoxy) is 2. The van der Waals surface area contributed by atoms with Crippen LogP contribution >= 0.6 is 23.2 Å². The molecule has 1 amide bonds. The Morgan fingerprint density at radius 2 is 1.74 bits per heavy atom. The van der Waals surface area contributed by atoms with Crippen molar-refractivity contribution in [2.24, 2.45) is 0 Å². The zero-order valence-corrected chi connectivity index (χ0v) is 15.3. The highest BCUT2D eigenvalue weighted by atomic mass is 35.5. The number of rotatable bonds is 8. The molecule has 0 unspecified atom stereocenters. The van der Waals surface area contributed by atoms with E-state index < -0.39 is 29.1 Å². The summed E-state index contributed by atoms with van der Waals surface area (Å²) >= 11 is 11.4. The van der Waals surface area contributed by atoms with Crippen molar-refractivity contribution < 1.29 is 24.0 Å². The average Bonchev–Trinajstić information content (AvgIpc) is 2.64. The molecule has 0 heterocycles. The third-order valence-electron chi connectivity index (χ3n) is 3.22.